The lowest BCUT2D eigenvalue weighted by atomic mass is 9.94. The average molecular weight is 256 g/mol. The van der Waals surface area contributed by atoms with Crippen LogP contribution in [-0.2, 0) is 4.79 Å². The molecule has 0 heterocycles. The number of hydrogen-bond acceptors (Lipinski definition) is 2. The second-order valence-electron chi connectivity index (χ2n) is 5.79. The van der Waals surface area contributed by atoms with Crippen molar-refractivity contribution < 1.29 is 14.7 Å². The van der Waals surface area contributed by atoms with Crippen LogP contribution in [0.2, 0.25) is 0 Å². The summed E-state index contributed by atoms with van der Waals surface area (Å²) in [5, 5.41) is 11.6. The summed E-state index contributed by atoms with van der Waals surface area (Å²) in [6.07, 6.45) is 5.60. The zero-order valence-corrected chi connectivity index (χ0v) is 11.5. The smallest absolute Gasteiger partial charge is 0.317 e. The van der Waals surface area contributed by atoms with E-state index in [0.717, 1.165) is 12.8 Å². The lowest BCUT2D eigenvalue weighted by Gasteiger charge is -2.34. The summed E-state index contributed by atoms with van der Waals surface area (Å²) in [6.45, 7) is 3.46. The zero-order chi connectivity index (χ0) is 13.8. The predicted octanol–water partition coefficient (Wildman–Crippen LogP) is 2.21. The Morgan fingerprint density at radius 2 is 1.83 bits per heavy atom. The van der Waals surface area contributed by atoms with Crippen LogP contribution in [0.25, 0.3) is 0 Å². The van der Waals surface area contributed by atoms with Crippen LogP contribution in [0.3, 0.4) is 0 Å². The Morgan fingerprint density at radius 3 is 2.33 bits per heavy atom. The number of nitrogens with one attached hydrogen (secondary N) is 1. The van der Waals surface area contributed by atoms with Crippen LogP contribution in [-0.4, -0.2) is 40.6 Å². The number of carboxylic acid groups (broad SMARTS) is 1. The fourth-order valence-corrected chi connectivity index (χ4v) is 2.43. The highest BCUT2D eigenvalue weighted by Gasteiger charge is 2.28. The Bertz CT molecular complexity index is 309. The van der Waals surface area contributed by atoms with Gasteiger partial charge >= 0.3 is 12.0 Å². The molecule has 1 saturated carbocycles. The molecule has 2 amide bonds. The highest BCUT2D eigenvalue weighted by Crippen LogP contribution is 2.22. The van der Waals surface area contributed by atoms with Gasteiger partial charge < -0.3 is 15.3 Å². The van der Waals surface area contributed by atoms with E-state index in [9.17, 15) is 9.59 Å². The van der Waals surface area contributed by atoms with Gasteiger partial charge in [0.25, 0.3) is 0 Å². The predicted molar refractivity (Wildman–Crippen MR) is 69.5 cm³/mol. The molecule has 0 unspecified atom stereocenters. The van der Waals surface area contributed by atoms with E-state index in [-0.39, 0.29) is 12.5 Å². The summed E-state index contributed by atoms with van der Waals surface area (Å²) in [5.74, 6) is -0.902. The van der Waals surface area contributed by atoms with Crippen molar-refractivity contribution in [1.29, 1.82) is 0 Å². The fourth-order valence-electron chi connectivity index (χ4n) is 2.43. The maximum absolute atomic E-state index is 12.1. The number of aliphatic carboxylic acids is 1. The van der Waals surface area contributed by atoms with Gasteiger partial charge in [-0.2, -0.15) is 0 Å². The minimum absolute atomic E-state index is 0.0722. The molecular formula is C13H24N2O3. The van der Waals surface area contributed by atoms with E-state index in [1.165, 1.54) is 19.3 Å². The summed E-state index contributed by atoms with van der Waals surface area (Å²) in [6, 6.07) is 0.118. The quantitative estimate of drug-likeness (QED) is 0.810. The molecule has 1 aliphatic carbocycles. The number of rotatable bonds is 4. The summed E-state index contributed by atoms with van der Waals surface area (Å²) in [7, 11) is 1.79. The number of nitrogens with zero attached hydrogens (tertiary/aromatic N) is 1. The van der Waals surface area contributed by atoms with Crippen molar-refractivity contribution in [2.24, 2.45) is 0 Å². The second kappa shape index (κ2) is 6.07. The van der Waals surface area contributed by atoms with Gasteiger partial charge in [0.15, 0.2) is 0 Å². The van der Waals surface area contributed by atoms with Gasteiger partial charge in [0, 0.05) is 18.6 Å². The number of hydrogen-bond donors (Lipinski definition) is 2. The van der Waals surface area contributed by atoms with E-state index in [0.29, 0.717) is 6.04 Å². The molecule has 5 heteroatoms. The minimum Gasteiger partial charge on any atom is -0.481 e. The van der Waals surface area contributed by atoms with Crippen LogP contribution in [0.1, 0.15) is 52.4 Å². The Labute approximate surface area is 109 Å². The molecule has 18 heavy (non-hydrogen) atoms. The first-order valence-corrected chi connectivity index (χ1v) is 6.58. The molecule has 2 N–H and O–H groups in total. The van der Waals surface area contributed by atoms with Gasteiger partial charge in [-0.25, -0.2) is 4.79 Å². The van der Waals surface area contributed by atoms with Crippen LogP contribution < -0.4 is 5.32 Å². The van der Waals surface area contributed by atoms with E-state index >= 15 is 0 Å². The molecule has 1 rings (SSSR count). The van der Waals surface area contributed by atoms with Gasteiger partial charge in [-0.05, 0) is 26.7 Å². The molecule has 0 aromatic carbocycles. The van der Waals surface area contributed by atoms with Crippen LogP contribution in [0.4, 0.5) is 4.79 Å². The highest BCUT2D eigenvalue weighted by atomic mass is 16.4. The molecule has 1 fully saturated rings. The third-order valence-electron chi connectivity index (χ3n) is 3.48. The molecule has 0 spiro atoms. The maximum atomic E-state index is 12.1. The number of carbonyl (C=O) groups excluding carboxylic acids is 1. The molecule has 0 aromatic rings. The van der Waals surface area contributed by atoms with Gasteiger partial charge in [-0.3, -0.25) is 4.79 Å². The fraction of sp³-hybridized carbons (Fsp3) is 0.846. The third kappa shape index (κ3) is 4.55. The molecule has 0 aromatic heterocycles. The summed E-state index contributed by atoms with van der Waals surface area (Å²) in [5.41, 5.74) is -0.716. The van der Waals surface area contributed by atoms with Crippen molar-refractivity contribution in [2.45, 2.75) is 64.0 Å². The Kier molecular flexibility index (Phi) is 4.99. The lowest BCUT2D eigenvalue weighted by Crippen LogP contribution is -2.52. The molecule has 0 bridgehead atoms. The molecule has 0 atom stereocenters. The molecular weight excluding hydrogens is 232 g/mol. The van der Waals surface area contributed by atoms with Gasteiger partial charge in [0.1, 0.15) is 0 Å². The van der Waals surface area contributed by atoms with Crippen LogP contribution in [0, 0.1) is 0 Å². The highest BCUT2D eigenvalue weighted by molar-refractivity contribution is 5.76. The van der Waals surface area contributed by atoms with Gasteiger partial charge in [0.05, 0.1) is 6.42 Å². The Balaban J connectivity index is 2.50. The molecule has 0 saturated heterocycles. The number of urea groups is 1. The van der Waals surface area contributed by atoms with Gasteiger partial charge in [-0.15, -0.1) is 0 Å². The molecule has 5 nitrogen and oxygen atoms in total. The minimum atomic E-state index is -0.902. The third-order valence-corrected chi connectivity index (χ3v) is 3.48. The van der Waals surface area contributed by atoms with Crippen LogP contribution >= 0.6 is 0 Å². The van der Waals surface area contributed by atoms with E-state index in [4.69, 9.17) is 5.11 Å². The van der Waals surface area contributed by atoms with Gasteiger partial charge in [0.2, 0.25) is 0 Å². The number of amides is 2. The van der Waals surface area contributed by atoms with Crippen molar-refractivity contribution in [1.82, 2.24) is 10.2 Å². The van der Waals surface area contributed by atoms with Crippen LogP contribution in [0.5, 0.6) is 0 Å². The zero-order valence-electron chi connectivity index (χ0n) is 11.5. The van der Waals surface area contributed by atoms with E-state index in [1.54, 1.807) is 25.8 Å². The van der Waals surface area contributed by atoms with Crippen molar-refractivity contribution in [3.8, 4) is 0 Å². The topological polar surface area (TPSA) is 69.6 Å². The lowest BCUT2D eigenvalue weighted by molar-refractivity contribution is -0.138. The van der Waals surface area contributed by atoms with Crippen LogP contribution in [0.15, 0.2) is 0 Å². The summed E-state index contributed by atoms with van der Waals surface area (Å²) in [4.78, 5) is 24.5. The van der Waals surface area contributed by atoms with E-state index < -0.39 is 11.5 Å². The van der Waals surface area contributed by atoms with Crippen molar-refractivity contribution in [2.75, 3.05) is 7.05 Å². The Morgan fingerprint density at radius 1 is 1.28 bits per heavy atom. The number of carboxylic acids is 1. The van der Waals surface area contributed by atoms with Crippen molar-refractivity contribution >= 4 is 12.0 Å². The molecule has 1 aliphatic rings. The monoisotopic (exact) mass is 256 g/mol. The number of carbonyl (C=O) groups is 2. The largest absolute Gasteiger partial charge is 0.481 e. The maximum Gasteiger partial charge on any atom is 0.317 e. The molecule has 0 aliphatic heterocycles. The second-order valence-corrected chi connectivity index (χ2v) is 5.79. The van der Waals surface area contributed by atoms with E-state index in [2.05, 4.69) is 5.32 Å². The molecule has 104 valence electrons. The van der Waals surface area contributed by atoms with E-state index in [1.807, 2.05) is 0 Å². The van der Waals surface area contributed by atoms with Crippen molar-refractivity contribution in [3.63, 3.8) is 0 Å². The SMILES string of the molecule is CN(C(=O)NC(C)(C)CC(=O)O)C1CCCCC1. The first kappa shape index (κ1) is 14.8. The Hall–Kier alpha value is -1.26. The average Bonchev–Trinajstić information content (AvgIpc) is 2.26. The van der Waals surface area contributed by atoms with Gasteiger partial charge in [-0.1, -0.05) is 19.3 Å². The normalized spacial score (nSPS) is 17.3. The standard InChI is InChI=1S/C13H24N2O3/c1-13(2,9-11(16)17)14-12(18)15(3)10-7-5-4-6-8-10/h10H,4-9H2,1-3H3,(H,14,18)(H,16,17). The first-order valence-electron chi connectivity index (χ1n) is 6.58. The first-order chi connectivity index (χ1) is 8.32. The van der Waals surface area contributed by atoms with Crippen molar-refractivity contribution in [3.05, 3.63) is 0 Å². The summed E-state index contributed by atoms with van der Waals surface area (Å²) >= 11 is 0. The summed E-state index contributed by atoms with van der Waals surface area (Å²) < 4.78 is 0. The molecule has 0 radical (unpaired) electrons.